The molecular weight excluding hydrogens is 517 g/mol. The van der Waals surface area contributed by atoms with Crippen molar-refractivity contribution in [3.8, 4) is 0 Å². The number of fused-ring (bicyclic) bond motifs is 5. The van der Waals surface area contributed by atoms with Gasteiger partial charge in [-0.25, -0.2) is 0 Å². The first-order valence-electron chi connectivity index (χ1n) is 16.6. The number of carbonyl (C=O) groups excluding carboxylic acids is 1. The average Bonchev–Trinajstić information content (AvgIpc) is 3.24. The zero-order chi connectivity index (χ0) is 28.8. The lowest BCUT2D eigenvalue weighted by Gasteiger charge is -2.64. The summed E-state index contributed by atoms with van der Waals surface area (Å²) in [6, 6.07) is 2.40. The van der Waals surface area contributed by atoms with Gasteiger partial charge in [-0.3, -0.25) is 4.79 Å². The third-order valence-corrected chi connectivity index (χ3v) is 18.4. The highest BCUT2D eigenvalue weighted by molar-refractivity contribution is 6.71. The van der Waals surface area contributed by atoms with Gasteiger partial charge in [0.15, 0.2) is 16.6 Å². The van der Waals surface area contributed by atoms with Gasteiger partial charge in [0, 0.05) is 18.6 Å². The summed E-state index contributed by atoms with van der Waals surface area (Å²) >= 11 is 0. The normalized spacial score (nSPS) is 41.3. The van der Waals surface area contributed by atoms with E-state index in [1.807, 2.05) is 0 Å². The molecule has 0 aromatic heterocycles. The second-order valence-corrected chi connectivity index (χ2v) is 24.9. The molecule has 0 spiro atoms. The number of rotatable bonds is 10. The maximum absolute atomic E-state index is 11.9. The Bertz CT molecular complexity index is 861. The maximum atomic E-state index is 11.9. The summed E-state index contributed by atoms with van der Waals surface area (Å²) in [5.74, 6) is 4.19. The monoisotopic (exact) mass is 578 g/mol. The fourth-order valence-electron chi connectivity index (χ4n) is 10.0. The molecule has 0 saturated heterocycles. The van der Waals surface area contributed by atoms with Gasteiger partial charge in [-0.05, 0) is 142 Å². The predicted molar refractivity (Wildman–Crippen MR) is 167 cm³/mol. The number of hydrogen-bond donors (Lipinski definition) is 0. The Hall–Kier alpha value is -0.176. The van der Waals surface area contributed by atoms with Crippen LogP contribution in [0, 0.1) is 46.3 Å². The van der Waals surface area contributed by atoms with Crippen molar-refractivity contribution in [3.63, 3.8) is 0 Å². The standard InChI is InChI=1S/C33H62O4Si2/c1-11-38(7,8)36-25-17-19-32(4)24(21-25)22-29(37-39(9,10)12-2)31-27-15-14-26(23(3)13-16-30(34)35-6)33(27,5)20-18-28(31)32/h23-29,31H,11-22H2,1-10H3/t23-,24+,25+,26-,27+,28+,29+,31+,32+,33-/m1/s1. The minimum atomic E-state index is -1.70. The quantitative estimate of drug-likeness (QED) is 0.192. The molecule has 0 bridgehead atoms. The van der Waals surface area contributed by atoms with Crippen molar-refractivity contribution < 1.29 is 18.4 Å². The van der Waals surface area contributed by atoms with Gasteiger partial charge < -0.3 is 13.6 Å². The first-order valence-corrected chi connectivity index (χ1v) is 22.8. The van der Waals surface area contributed by atoms with Crippen molar-refractivity contribution in [3.05, 3.63) is 0 Å². The molecule has 4 saturated carbocycles. The zero-order valence-electron chi connectivity index (χ0n) is 27.2. The van der Waals surface area contributed by atoms with Crippen LogP contribution in [0.15, 0.2) is 0 Å². The summed E-state index contributed by atoms with van der Waals surface area (Å²) in [5.41, 5.74) is 0.798. The van der Waals surface area contributed by atoms with Crippen molar-refractivity contribution in [2.45, 2.75) is 149 Å². The summed E-state index contributed by atoms with van der Waals surface area (Å²) in [6.45, 7) is 22.1. The molecule has 0 N–H and O–H groups in total. The Morgan fingerprint density at radius 2 is 1.49 bits per heavy atom. The van der Waals surface area contributed by atoms with Gasteiger partial charge in [0.25, 0.3) is 0 Å². The van der Waals surface area contributed by atoms with E-state index in [1.54, 1.807) is 0 Å². The highest BCUT2D eigenvalue weighted by Gasteiger charge is 2.63. The molecule has 0 aromatic carbocycles. The fourth-order valence-corrected chi connectivity index (χ4v) is 12.6. The van der Waals surface area contributed by atoms with Crippen LogP contribution in [0.25, 0.3) is 0 Å². The second-order valence-electron chi connectivity index (χ2n) is 15.9. The van der Waals surface area contributed by atoms with Gasteiger partial charge in [0.05, 0.1) is 7.11 Å². The molecule has 0 unspecified atom stereocenters. The van der Waals surface area contributed by atoms with Crippen molar-refractivity contribution in [2.75, 3.05) is 7.11 Å². The Labute approximate surface area is 243 Å². The van der Waals surface area contributed by atoms with E-state index in [0.717, 1.165) is 24.2 Å². The molecule has 4 fully saturated rings. The Morgan fingerprint density at radius 1 is 0.872 bits per heavy atom. The number of methoxy groups -OCH3 is 1. The Kier molecular flexibility index (Phi) is 9.64. The van der Waals surface area contributed by atoms with E-state index in [4.69, 9.17) is 13.6 Å². The van der Waals surface area contributed by atoms with Crippen LogP contribution >= 0.6 is 0 Å². The van der Waals surface area contributed by atoms with E-state index >= 15 is 0 Å². The molecule has 39 heavy (non-hydrogen) atoms. The lowest BCUT2D eigenvalue weighted by atomic mass is 9.43. The minimum absolute atomic E-state index is 0.0544. The van der Waals surface area contributed by atoms with Crippen molar-refractivity contribution in [1.29, 1.82) is 0 Å². The number of carbonyl (C=O) groups is 1. The van der Waals surface area contributed by atoms with Crippen LogP contribution < -0.4 is 0 Å². The summed E-state index contributed by atoms with van der Waals surface area (Å²) in [6.07, 6.45) is 12.9. The van der Waals surface area contributed by atoms with Gasteiger partial charge in [0.2, 0.25) is 0 Å². The molecule has 4 aliphatic rings. The minimum Gasteiger partial charge on any atom is -0.469 e. The van der Waals surface area contributed by atoms with Crippen molar-refractivity contribution in [2.24, 2.45) is 46.3 Å². The lowest BCUT2D eigenvalue weighted by molar-refractivity contribution is -0.169. The van der Waals surface area contributed by atoms with Gasteiger partial charge in [-0.15, -0.1) is 0 Å². The summed E-state index contributed by atoms with van der Waals surface area (Å²) in [4.78, 5) is 11.9. The molecule has 226 valence electrons. The summed E-state index contributed by atoms with van der Waals surface area (Å²) in [7, 11) is -1.73. The van der Waals surface area contributed by atoms with E-state index in [2.05, 4.69) is 60.8 Å². The third-order valence-electron chi connectivity index (χ3n) is 13.1. The molecule has 4 aliphatic carbocycles. The summed E-state index contributed by atoms with van der Waals surface area (Å²) in [5, 5.41) is 0. The van der Waals surface area contributed by atoms with Crippen LogP contribution in [-0.4, -0.2) is 41.9 Å². The Balaban J connectivity index is 1.59. The molecule has 4 rings (SSSR count). The molecular formula is C33H62O4Si2. The van der Waals surface area contributed by atoms with E-state index in [-0.39, 0.29) is 5.97 Å². The molecule has 0 amide bonds. The van der Waals surface area contributed by atoms with Crippen molar-refractivity contribution in [1.82, 2.24) is 0 Å². The topological polar surface area (TPSA) is 44.8 Å². The van der Waals surface area contributed by atoms with Crippen LogP contribution in [0.4, 0.5) is 0 Å². The van der Waals surface area contributed by atoms with E-state index in [9.17, 15) is 4.79 Å². The van der Waals surface area contributed by atoms with Crippen LogP contribution in [0.1, 0.15) is 98.8 Å². The first-order chi connectivity index (χ1) is 18.2. The highest BCUT2D eigenvalue weighted by Crippen LogP contribution is 2.69. The molecule has 0 aliphatic heterocycles. The van der Waals surface area contributed by atoms with E-state index in [1.165, 1.54) is 70.6 Å². The van der Waals surface area contributed by atoms with Crippen LogP contribution in [0.2, 0.25) is 38.3 Å². The molecule has 10 atom stereocenters. The largest absolute Gasteiger partial charge is 0.469 e. The van der Waals surface area contributed by atoms with Gasteiger partial charge in [-0.1, -0.05) is 34.6 Å². The second kappa shape index (κ2) is 11.8. The maximum Gasteiger partial charge on any atom is 0.305 e. The molecule has 0 radical (unpaired) electrons. The lowest BCUT2D eigenvalue weighted by Crippen LogP contribution is -2.60. The first kappa shape index (κ1) is 31.8. The van der Waals surface area contributed by atoms with Crippen LogP contribution in [0.5, 0.6) is 0 Å². The average molecular weight is 579 g/mol. The van der Waals surface area contributed by atoms with Crippen LogP contribution in [-0.2, 0) is 18.4 Å². The smallest absolute Gasteiger partial charge is 0.305 e. The van der Waals surface area contributed by atoms with Gasteiger partial charge >= 0.3 is 5.97 Å². The highest BCUT2D eigenvalue weighted by atomic mass is 28.4. The molecule has 6 heteroatoms. The number of esters is 1. The molecule has 0 aromatic rings. The van der Waals surface area contributed by atoms with E-state index < -0.39 is 16.6 Å². The number of ether oxygens (including phenoxy) is 1. The molecule has 4 nitrogen and oxygen atoms in total. The Morgan fingerprint density at radius 3 is 2.13 bits per heavy atom. The van der Waals surface area contributed by atoms with Gasteiger partial charge in [-0.2, -0.15) is 0 Å². The van der Waals surface area contributed by atoms with Crippen LogP contribution in [0.3, 0.4) is 0 Å². The number of hydrogen-bond acceptors (Lipinski definition) is 4. The molecule has 0 heterocycles. The van der Waals surface area contributed by atoms with E-state index in [0.29, 0.717) is 47.2 Å². The van der Waals surface area contributed by atoms with Gasteiger partial charge in [0.1, 0.15) is 0 Å². The summed E-state index contributed by atoms with van der Waals surface area (Å²) < 4.78 is 19.2. The van der Waals surface area contributed by atoms with Crippen molar-refractivity contribution >= 4 is 22.6 Å². The predicted octanol–water partition coefficient (Wildman–Crippen LogP) is 9.06. The zero-order valence-corrected chi connectivity index (χ0v) is 29.2. The SMILES string of the molecule is CC[Si](C)(C)O[C@H]1CC[C@@]2(C)[C@@H](C1)C[C@H](O[Si](C)(C)CC)[C@@H]1[C@@H]2CC[C@]2(C)[C@@H]([C@H](C)CCC(=O)OC)CC[C@@H]12. The fraction of sp³-hybridized carbons (Fsp3) is 0.970. The third kappa shape index (κ3) is 6.29.